The Labute approximate surface area is 115 Å². The van der Waals surface area contributed by atoms with Crippen molar-refractivity contribution in [3.8, 4) is 0 Å². The summed E-state index contributed by atoms with van der Waals surface area (Å²) in [6.45, 7) is 1.98. The summed E-state index contributed by atoms with van der Waals surface area (Å²) < 4.78 is 24.3. The molecule has 19 heavy (non-hydrogen) atoms. The summed E-state index contributed by atoms with van der Waals surface area (Å²) in [5.41, 5.74) is 5.88. The maximum absolute atomic E-state index is 12.9. The molecule has 1 amide bonds. The topological polar surface area (TPSA) is 72.2 Å². The molecule has 0 aliphatic rings. The summed E-state index contributed by atoms with van der Waals surface area (Å²) in [6, 6.07) is 4.04. The van der Waals surface area contributed by atoms with Crippen molar-refractivity contribution in [2.45, 2.75) is 26.2 Å². The van der Waals surface area contributed by atoms with E-state index in [-0.39, 0.29) is 11.6 Å². The lowest BCUT2D eigenvalue weighted by Crippen LogP contribution is -2.13. The van der Waals surface area contributed by atoms with E-state index in [4.69, 9.17) is 5.73 Å². The van der Waals surface area contributed by atoms with E-state index in [1.54, 1.807) is 0 Å². The molecular formula is C13H19FN2O2S. The highest BCUT2D eigenvalue weighted by molar-refractivity contribution is 7.84. The number of nitrogens with one attached hydrogen (secondary N) is 1. The van der Waals surface area contributed by atoms with Crippen molar-refractivity contribution in [3.05, 3.63) is 24.0 Å². The number of nitrogen functional groups attached to an aromatic ring is 1. The number of nitrogens with two attached hydrogens (primary N) is 1. The lowest BCUT2D eigenvalue weighted by Gasteiger charge is -2.06. The second-order valence-corrected chi connectivity index (χ2v) is 5.93. The molecule has 4 nitrogen and oxygen atoms in total. The highest BCUT2D eigenvalue weighted by Crippen LogP contribution is 2.16. The number of hydrogen-bond acceptors (Lipinski definition) is 3. The van der Waals surface area contributed by atoms with E-state index < -0.39 is 16.6 Å². The van der Waals surface area contributed by atoms with Crippen molar-refractivity contribution in [1.29, 1.82) is 0 Å². The summed E-state index contributed by atoms with van der Waals surface area (Å²) in [5.74, 6) is 0.524. The van der Waals surface area contributed by atoms with Gasteiger partial charge in [0, 0.05) is 34.4 Å². The SMILES string of the molecule is CCCS(=O)CCCC(=O)Nc1ccc(F)c(N)c1. The Kier molecular flexibility index (Phi) is 6.49. The van der Waals surface area contributed by atoms with Gasteiger partial charge in [-0.2, -0.15) is 0 Å². The number of amides is 1. The van der Waals surface area contributed by atoms with Gasteiger partial charge in [0.05, 0.1) is 5.69 Å². The van der Waals surface area contributed by atoms with Crippen LogP contribution in [0.5, 0.6) is 0 Å². The Morgan fingerprint density at radius 3 is 2.79 bits per heavy atom. The number of halogens is 1. The fourth-order valence-electron chi connectivity index (χ4n) is 1.57. The number of benzene rings is 1. The number of carbonyl (C=O) groups is 1. The Morgan fingerprint density at radius 2 is 2.16 bits per heavy atom. The lowest BCUT2D eigenvalue weighted by atomic mass is 10.2. The maximum Gasteiger partial charge on any atom is 0.224 e. The lowest BCUT2D eigenvalue weighted by molar-refractivity contribution is -0.116. The van der Waals surface area contributed by atoms with Gasteiger partial charge in [0.25, 0.3) is 0 Å². The first-order valence-electron chi connectivity index (χ1n) is 6.22. The van der Waals surface area contributed by atoms with Crippen LogP contribution in [-0.4, -0.2) is 21.6 Å². The summed E-state index contributed by atoms with van der Waals surface area (Å²) in [4.78, 5) is 11.6. The molecule has 0 aromatic heterocycles. The number of carbonyl (C=O) groups excluding carboxylic acids is 1. The van der Waals surface area contributed by atoms with Crippen LogP contribution in [0.25, 0.3) is 0 Å². The van der Waals surface area contributed by atoms with E-state index in [1.807, 2.05) is 6.92 Å². The molecule has 106 valence electrons. The molecule has 0 heterocycles. The third-order valence-corrected chi connectivity index (χ3v) is 4.10. The van der Waals surface area contributed by atoms with Gasteiger partial charge < -0.3 is 11.1 Å². The van der Waals surface area contributed by atoms with Crippen LogP contribution in [0, 0.1) is 5.82 Å². The van der Waals surface area contributed by atoms with Crippen LogP contribution in [0.1, 0.15) is 26.2 Å². The number of rotatable bonds is 7. The van der Waals surface area contributed by atoms with Crippen molar-refractivity contribution in [2.75, 3.05) is 22.6 Å². The van der Waals surface area contributed by atoms with Crippen LogP contribution in [-0.2, 0) is 15.6 Å². The zero-order valence-corrected chi connectivity index (χ0v) is 11.8. The van der Waals surface area contributed by atoms with Gasteiger partial charge in [-0.1, -0.05) is 6.92 Å². The van der Waals surface area contributed by atoms with Gasteiger partial charge in [-0.25, -0.2) is 4.39 Å². The third kappa shape index (κ3) is 5.83. The van der Waals surface area contributed by atoms with Gasteiger partial charge in [0.2, 0.25) is 5.91 Å². The summed E-state index contributed by atoms with van der Waals surface area (Å²) in [5, 5.41) is 2.63. The zero-order chi connectivity index (χ0) is 14.3. The molecule has 0 aliphatic heterocycles. The predicted octanol–water partition coefficient (Wildman–Crippen LogP) is 2.29. The van der Waals surface area contributed by atoms with Crippen LogP contribution in [0.15, 0.2) is 18.2 Å². The average molecular weight is 286 g/mol. The van der Waals surface area contributed by atoms with E-state index >= 15 is 0 Å². The van der Waals surface area contributed by atoms with Gasteiger partial charge in [0.15, 0.2) is 0 Å². The second kappa shape index (κ2) is 7.89. The highest BCUT2D eigenvalue weighted by Gasteiger charge is 2.06. The van der Waals surface area contributed by atoms with Crippen molar-refractivity contribution in [2.24, 2.45) is 0 Å². The van der Waals surface area contributed by atoms with E-state index in [1.165, 1.54) is 18.2 Å². The minimum atomic E-state index is -0.839. The monoisotopic (exact) mass is 286 g/mol. The van der Waals surface area contributed by atoms with Crippen LogP contribution in [0.2, 0.25) is 0 Å². The molecule has 1 aromatic carbocycles. The fraction of sp³-hybridized carbons (Fsp3) is 0.462. The van der Waals surface area contributed by atoms with Gasteiger partial charge in [-0.3, -0.25) is 9.00 Å². The van der Waals surface area contributed by atoms with Crippen LogP contribution in [0.4, 0.5) is 15.8 Å². The second-order valence-electron chi connectivity index (χ2n) is 4.24. The first-order valence-corrected chi connectivity index (χ1v) is 7.71. The van der Waals surface area contributed by atoms with E-state index in [2.05, 4.69) is 5.32 Å². The fourth-order valence-corrected chi connectivity index (χ4v) is 2.69. The minimum absolute atomic E-state index is 0.00171. The standard InChI is InChI=1S/C13H19FN2O2S/c1-2-7-19(18)8-3-4-13(17)16-10-5-6-11(14)12(15)9-10/h5-6,9H,2-4,7-8,15H2,1H3,(H,16,17). The molecule has 1 rings (SSSR count). The number of anilines is 2. The Bertz CT molecular complexity index is 466. The van der Waals surface area contributed by atoms with Crippen LogP contribution in [0.3, 0.4) is 0 Å². The first kappa shape index (κ1) is 15.6. The van der Waals surface area contributed by atoms with Crippen molar-refractivity contribution in [1.82, 2.24) is 0 Å². The molecule has 1 atom stereocenters. The quantitative estimate of drug-likeness (QED) is 0.755. The largest absolute Gasteiger partial charge is 0.396 e. The smallest absolute Gasteiger partial charge is 0.224 e. The van der Waals surface area contributed by atoms with E-state index in [0.717, 1.165) is 6.42 Å². The molecule has 0 bridgehead atoms. The zero-order valence-electron chi connectivity index (χ0n) is 10.9. The Hall–Kier alpha value is -1.43. The molecule has 3 N–H and O–H groups in total. The van der Waals surface area contributed by atoms with Gasteiger partial charge in [0.1, 0.15) is 5.82 Å². The van der Waals surface area contributed by atoms with Gasteiger partial charge >= 0.3 is 0 Å². The molecule has 0 spiro atoms. The molecule has 6 heteroatoms. The van der Waals surface area contributed by atoms with Gasteiger partial charge in [-0.15, -0.1) is 0 Å². The van der Waals surface area contributed by atoms with E-state index in [0.29, 0.717) is 30.0 Å². The number of hydrogen-bond donors (Lipinski definition) is 2. The normalized spacial score (nSPS) is 12.1. The van der Waals surface area contributed by atoms with Crippen molar-refractivity contribution < 1.29 is 13.4 Å². The Balaban J connectivity index is 2.35. The van der Waals surface area contributed by atoms with Crippen LogP contribution >= 0.6 is 0 Å². The summed E-state index contributed by atoms with van der Waals surface area (Å²) in [6.07, 6.45) is 1.76. The van der Waals surface area contributed by atoms with Crippen molar-refractivity contribution in [3.63, 3.8) is 0 Å². The van der Waals surface area contributed by atoms with Crippen molar-refractivity contribution >= 4 is 28.1 Å². The summed E-state index contributed by atoms with van der Waals surface area (Å²) >= 11 is 0. The molecule has 0 saturated carbocycles. The molecule has 0 aliphatic carbocycles. The maximum atomic E-state index is 12.9. The molecule has 1 aromatic rings. The van der Waals surface area contributed by atoms with E-state index in [9.17, 15) is 13.4 Å². The molecular weight excluding hydrogens is 267 g/mol. The summed E-state index contributed by atoms with van der Waals surface area (Å²) in [7, 11) is -0.839. The minimum Gasteiger partial charge on any atom is -0.396 e. The molecule has 0 radical (unpaired) electrons. The molecule has 0 saturated heterocycles. The third-order valence-electron chi connectivity index (χ3n) is 2.49. The Morgan fingerprint density at radius 1 is 1.42 bits per heavy atom. The van der Waals surface area contributed by atoms with Gasteiger partial charge in [-0.05, 0) is 31.0 Å². The highest BCUT2D eigenvalue weighted by atomic mass is 32.2. The first-order chi connectivity index (χ1) is 9.02. The predicted molar refractivity (Wildman–Crippen MR) is 76.8 cm³/mol. The van der Waals surface area contributed by atoms with Crippen LogP contribution < -0.4 is 11.1 Å². The average Bonchev–Trinajstić information content (AvgIpc) is 2.34. The molecule has 0 fully saturated rings. The molecule has 1 unspecified atom stereocenters.